The SMILES string of the molecule is Cc1cccc2[nH]cc(CCNC(=O)CC(C)C3CCNCC3)c12.Cl. The molecule has 1 atom stereocenters. The lowest BCUT2D eigenvalue weighted by molar-refractivity contribution is -0.122. The molecule has 0 saturated carbocycles. The smallest absolute Gasteiger partial charge is 0.220 e. The lowest BCUT2D eigenvalue weighted by Gasteiger charge is -2.27. The Hall–Kier alpha value is -1.52. The van der Waals surface area contributed by atoms with Crippen molar-refractivity contribution in [3.05, 3.63) is 35.5 Å². The van der Waals surface area contributed by atoms with Gasteiger partial charge in [-0.15, -0.1) is 12.4 Å². The third-order valence-corrected chi connectivity index (χ3v) is 5.41. The summed E-state index contributed by atoms with van der Waals surface area (Å²) in [5.74, 6) is 1.35. The molecular formula is C20H30ClN3O. The van der Waals surface area contributed by atoms with Gasteiger partial charge in [-0.1, -0.05) is 19.1 Å². The zero-order valence-corrected chi connectivity index (χ0v) is 16.0. The molecule has 0 spiro atoms. The first-order valence-corrected chi connectivity index (χ1v) is 9.18. The molecule has 1 saturated heterocycles. The summed E-state index contributed by atoms with van der Waals surface area (Å²) < 4.78 is 0. The van der Waals surface area contributed by atoms with Gasteiger partial charge in [-0.25, -0.2) is 0 Å². The van der Waals surface area contributed by atoms with Gasteiger partial charge in [0.1, 0.15) is 0 Å². The van der Waals surface area contributed by atoms with E-state index in [1.165, 1.54) is 34.9 Å². The predicted octanol–water partition coefficient (Wildman–Crippen LogP) is 3.58. The Kier molecular flexibility index (Phi) is 7.33. The molecule has 3 N–H and O–H groups in total. The van der Waals surface area contributed by atoms with Crippen molar-refractivity contribution < 1.29 is 4.79 Å². The van der Waals surface area contributed by atoms with Gasteiger partial charge in [-0.2, -0.15) is 0 Å². The molecule has 1 fully saturated rings. The van der Waals surface area contributed by atoms with Gasteiger partial charge >= 0.3 is 0 Å². The highest BCUT2D eigenvalue weighted by Gasteiger charge is 2.21. The van der Waals surface area contributed by atoms with Crippen LogP contribution in [0.5, 0.6) is 0 Å². The van der Waals surface area contributed by atoms with E-state index in [0.717, 1.165) is 19.5 Å². The zero-order chi connectivity index (χ0) is 16.9. The van der Waals surface area contributed by atoms with E-state index >= 15 is 0 Å². The first-order valence-electron chi connectivity index (χ1n) is 9.18. The number of nitrogens with one attached hydrogen (secondary N) is 3. The molecule has 1 unspecified atom stereocenters. The van der Waals surface area contributed by atoms with Gasteiger partial charge < -0.3 is 15.6 Å². The van der Waals surface area contributed by atoms with E-state index in [0.29, 0.717) is 24.8 Å². The van der Waals surface area contributed by atoms with Crippen LogP contribution in [0.3, 0.4) is 0 Å². The predicted molar refractivity (Wildman–Crippen MR) is 106 cm³/mol. The number of hydrogen-bond acceptors (Lipinski definition) is 2. The van der Waals surface area contributed by atoms with E-state index in [9.17, 15) is 4.79 Å². The summed E-state index contributed by atoms with van der Waals surface area (Å²) in [7, 11) is 0. The number of carbonyl (C=O) groups excluding carboxylic acids is 1. The van der Waals surface area contributed by atoms with Crippen LogP contribution in [0.2, 0.25) is 0 Å². The fourth-order valence-corrected chi connectivity index (χ4v) is 3.93. The molecule has 1 aliphatic rings. The van der Waals surface area contributed by atoms with Gasteiger partial charge in [0.2, 0.25) is 5.91 Å². The summed E-state index contributed by atoms with van der Waals surface area (Å²) in [4.78, 5) is 15.5. The molecule has 0 bridgehead atoms. The van der Waals surface area contributed by atoms with Crippen molar-refractivity contribution in [1.82, 2.24) is 15.6 Å². The molecule has 1 amide bonds. The lowest BCUT2D eigenvalue weighted by atomic mass is 9.84. The fourth-order valence-electron chi connectivity index (χ4n) is 3.93. The maximum absolute atomic E-state index is 12.2. The van der Waals surface area contributed by atoms with Crippen molar-refractivity contribution in [3.63, 3.8) is 0 Å². The number of aromatic amines is 1. The number of benzene rings is 1. The van der Waals surface area contributed by atoms with Crippen molar-refractivity contribution in [2.75, 3.05) is 19.6 Å². The van der Waals surface area contributed by atoms with Crippen LogP contribution >= 0.6 is 12.4 Å². The lowest BCUT2D eigenvalue weighted by Crippen LogP contribution is -2.34. The number of hydrogen-bond donors (Lipinski definition) is 3. The highest BCUT2D eigenvalue weighted by atomic mass is 35.5. The van der Waals surface area contributed by atoms with E-state index in [2.05, 4.69) is 53.9 Å². The molecule has 5 heteroatoms. The number of fused-ring (bicyclic) bond motifs is 1. The van der Waals surface area contributed by atoms with Crippen LogP contribution in [0, 0.1) is 18.8 Å². The summed E-state index contributed by atoms with van der Waals surface area (Å²) in [6.07, 6.45) is 5.99. The number of amides is 1. The third kappa shape index (κ3) is 4.99. The second-order valence-electron chi connectivity index (χ2n) is 7.18. The number of aryl methyl sites for hydroxylation is 1. The Labute approximate surface area is 156 Å². The molecule has 4 nitrogen and oxygen atoms in total. The van der Waals surface area contributed by atoms with Crippen LogP contribution in [0.4, 0.5) is 0 Å². The number of H-pyrrole nitrogens is 1. The van der Waals surface area contributed by atoms with E-state index in [1.54, 1.807) is 0 Å². The number of halogens is 1. The Morgan fingerprint density at radius 3 is 2.84 bits per heavy atom. The minimum absolute atomic E-state index is 0. The Balaban J connectivity index is 0.00000225. The van der Waals surface area contributed by atoms with E-state index in [-0.39, 0.29) is 18.3 Å². The molecule has 2 heterocycles. The number of rotatable bonds is 6. The summed E-state index contributed by atoms with van der Waals surface area (Å²) in [6, 6.07) is 6.31. The molecule has 2 aromatic rings. The first-order chi connectivity index (χ1) is 11.6. The third-order valence-electron chi connectivity index (χ3n) is 5.41. The van der Waals surface area contributed by atoms with E-state index < -0.39 is 0 Å². The maximum atomic E-state index is 12.2. The molecule has 25 heavy (non-hydrogen) atoms. The molecular weight excluding hydrogens is 334 g/mol. The quantitative estimate of drug-likeness (QED) is 0.734. The normalized spacial score (nSPS) is 16.4. The van der Waals surface area contributed by atoms with Crippen LogP contribution in [0.15, 0.2) is 24.4 Å². The maximum Gasteiger partial charge on any atom is 0.220 e. The highest BCUT2D eigenvalue weighted by Crippen LogP contribution is 2.24. The minimum Gasteiger partial charge on any atom is -0.361 e. The summed E-state index contributed by atoms with van der Waals surface area (Å²) in [5, 5.41) is 7.80. The monoisotopic (exact) mass is 363 g/mol. The van der Waals surface area contributed by atoms with Gasteiger partial charge in [0.25, 0.3) is 0 Å². The van der Waals surface area contributed by atoms with Gasteiger partial charge in [-0.05, 0) is 68.3 Å². The average Bonchev–Trinajstić information content (AvgIpc) is 3.00. The Bertz CT molecular complexity index is 691. The summed E-state index contributed by atoms with van der Waals surface area (Å²) in [6.45, 7) is 7.25. The fraction of sp³-hybridized carbons (Fsp3) is 0.550. The molecule has 1 aliphatic heterocycles. The van der Waals surface area contributed by atoms with E-state index in [4.69, 9.17) is 0 Å². The number of carbonyl (C=O) groups is 1. The largest absolute Gasteiger partial charge is 0.361 e. The zero-order valence-electron chi connectivity index (χ0n) is 15.2. The topological polar surface area (TPSA) is 56.9 Å². The second kappa shape index (κ2) is 9.25. The van der Waals surface area contributed by atoms with Crippen LogP contribution in [0.1, 0.15) is 37.3 Å². The first kappa shape index (κ1) is 19.8. The highest BCUT2D eigenvalue weighted by molar-refractivity contribution is 5.86. The molecule has 138 valence electrons. The molecule has 3 rings (SSSR count). The van der Waals surface area contributed by atoms with Crippen molar-refractivity contribution in [2.45, 2.75) is 39.5 Å². The van der Waals surface area contributed by atoms with Crippen molar-refractivity contribution in [1.29, 1.82) is 0 Å². The van der Waals surface area contributed by atoms with Crippen LogP contribution < -0.4 is 10.6 Å². The molecule has 0 radical (unpaired) electrons. The van der Waals surface area contributed by atoms with Gasteiger partial charge in [0.15, 0.2) is 0 Å². The summed E-state index contributed by atoms with van der Waals surface area (Å²) >= 11 is 0. The van der Waals surface area contributed by atoms with E-state index in [1.807, 2.05) is 0 Å². The minimum atomic E-state index is 0. The van der Waals surface area contributed by atoms with Gasteiger partial charge in [0.05, 0.1) is 0 Å². The Morgan fingerprint density at radius 1 is 1.32 bits per heavy atom. The van der Waals surface area contributed by atoms with Crippen LogP contribution in [0.25, 0.3) is 10.9 Å². The van der Waals surface area contributed by atoms with Crippen LogP contribution in [-0.4, -0.2) is 30.5 Å². The second-order valence-corrected chi connectivity index (χ2v) is 7.18. The Morgan fingerprint density at radius 2 is 2.08 bits per heavy atom. The van der Waals surface area contributed by atoms with Crippen molar-refractivity contribution in [3.8, 4) is 0 Å². The van der Waals surface area contributed by atoms with Crippen LogP contribution in [-0.2, 0) is 11.2 Å². The van der Waals surface area contributed by atoms with Crippen molar-refractivity contribution >= 4 is 29.2 Å². The van der Waals surface area contributed by atoms with Gasteiger partial charge in [-0.3, -0.25) is 4.79 Å². The molecule has 1 aromatic heterocycles. The number of aromatic nitrogens is 1. The average molecular weight is 364 g/mol. The molecule has 1 aromatic carbocycles. The van der Waals surface area contributed by atoms with Crippen molar-refractivity contribution in [2.24, 2.45) is 11.8 Å². The molecule has 0 aliphatic carbocycles. The summed E-state index contributed by atoms with van der Waals surface area (Å²) in [5.41, 5.74) is 3.75. The standard InChI is InChI=1S/C20H29N3O.ClH/c1-14-4-3-5-18-20(14)17(13-23-18)8-11-22-19(24)12-15(2)16-6-9-21-10-7-16;/h3-5,13,15-16,21,23H,6-12H2,1-2H3,(H,22,24);1H. The number of piperidine rings is 1. The van der Waals surface area contributed by atoms with Gasteiger partial charge in [0, 0.05) is 30.1 Å².